The molecule has 3 amide bonds. The number of carbonyl (C=O) groups is 2. The minimum absolute atomic E-state index is 0.123. The van der Waals surface area contributed by atoms with Gasteiger partial charge in [-0.15, -0.1) is 0 Å². The van der Waals surface area contributed by atoms with Crippen molar-refractivity contribution in [3.05, 3.63) is 59.9 Å². The highest BCUT2D eigenvalue weighted by Gasteiger charge is 2.23. The second kappa shape index (κ2) is 8.96. The zero-order chi connectivity index (χ0) is 18.2. The molecule has 1 aromatic carbocycles. The van der Waals surface area contributed by atoms with E-state index in [2.05, 4.69) is 20.9 Å². The summed E-state index contributed by atoms with van der Waals surface area (Å²) in [5.41, 5.74) is 2.52. The topological polar surface area (TPSA) is 92.4 Å². The first-order valence-corrected chi connectivity index (χ1v) is 8.63. The molecule has 2 aromatic rings. The normalized spacial score (nSPS) is 16.1. The molecule has 1 unspecified atom stereocenters. The van der Waals surface area contributed by atoms with E-state index in [4.69, 9.17) is 4.74 Å². The van der Waals surface area contributed by atoms with Crippen LogP contribution in [0.15, 0.2) is 48.8 Å². The smallest absolute Gasteiger partial charge is 0.315 e. The summed E-state index contributed by atoms with van der Waals surface area (Å²) in [6, 6.07) is 10.9. The number of amides is 3. The Bertz CT molecular complexity index is 745. The average Bonchev–Trinajstić information content (AvgIpc) is 3.21. The lowest BCUT2D eigenvalue weighted by Gasteiger charge is -2.12. The van der Waals surface area contributed by atoms with Gasteiger partial charge in [0, 0.05) is 37.8 Å². The Labute approximate surface area is 152 Å². The van der Waals surface area contributed by atoms with Crippen molar-refractivity contribution >= 4 is 17.6 Å². The first-order valence-electron chi connectivity index (χ1n) is 8.63. The number of urea groups is 1. The van der Waals surface area contributed by atoms with Gasteiger partial charge in [0.25, 0.3) is 5.91 Å². The van der Waals surface area contributed by atoms with Crippen LogP contribution in [0.1, 0.15) is 24.0 Å². The zero-order valence-electron chi connectivity index (χ0n) is 14.4. The first kappa shape index (κ1) is 17.9. The first-order chi connectivity index (χ1) is 12.7. The van der Waals surface area contributed by atoms with Gasteiger partial charge in [-0.1, -0.05) is 18.2 Å². The van der Waals surface area contributed by atoms with E-state index in [-0.39, 0.29) is 18.0 Å². The predicted octanol–water partition coefficient (Wildman–Crippen LogP) is 2.20. The number of carbonyl (C=O) groups excluding carboxylic acids is 2. The lowest BCUT2D eigenvalue weighted by molar-refractivity contribution is -0.124. The molecule has 1 aromatic heterocycles. The number of hydrogen-bond donors (Lipinski definition) is 3. The third-order valence-electron chi connectivity index (χ3n) is 4.05. The number of pyridine rings is 1. The molecule has 0 aliphatic carbocycles. The molecule has 1 saturated heterocycles. The Hall–Kier alpha value is -2.93. The number of anilines is 1. The van der Waals surface area contributed by atoms with Gasteiger partial charge in [-0.25, -0.2) is 4.79 Å². The number of rotatable bonds is 6. The third-order valence-corrected chi connectivity index (χ3v) is 4.05. The van der Waals surface area contributed by atoms with Crippen LogP contribution < -0.4 is 16.0 Å². The minimum Gasteiger partial charge on any atom is -0.368 e. The largest absolute Gasteiger partial charge is 0.368 e. The standard InChI is InChI=1S/C19H22N4O3/c24-18(17-7-3-9-26-17)23-16-6-1-4-14(10-16)12-21-19(25)22-13-15-5-2-8-20-11-15/h1-2,4-6,8,10-11,17H,3,7,9,12-13H2,(H,23,24)(H2,21,22,25). The van der Waals surface area contributed by atoms with Crippen LogP contribution in [0.3, 0.4) is 0 Å². The molecule has 1 fully saturated rings. The van der Waals surface area contributed by atoms with Gasteiger partial charge in [0.2, 0.25) is 0 Å². The van der Waals surface area contributed by atoms with Gasteiger partial charge in [-0.05, 0) is 42.2 Å². The monoisotopic (exact) mass is 354 g/mol. The number of nitrogens with zero attached hydrogens (tertiary/aromatic N) is 1. The molecule has 0 radical (unpaired) electrons. The quantitative estimate of drug-likeness (QED) is 0.741. The van der Waals surface area contributed by atoms with Crippen LogP contribution >= 0.6 is 0 Å². The summed E-state index contributed by atoms with van der Waals surface area (Å²) in [7, 11) is 0. The van der Waals surface area contributed by atoms with E-state index in [1.165, 1.54) is 0 Å². The molecule has 26 heavy (non-hydrogen) atoms. The number of hydrogen-bond acceptors (Lipinski definition) is 4. The number of nitrogens with one attached hydrogen (secondary N) is 3. The molecule has 7 nitrogen and oxygen atoms in total. The molecular weight excluding hydrogens is 332 g/mol. The summed E-state index contributed by atoms with van der Waals surface area (Å²) in [4.78, 5) is 28.0. The molecule has 7 heteroatoms. The van der Waals surface area contributed by atoms with E-state index in [0.717, 1.165) is 24.0 Å². The van der Waals surface area contributed by atoms with Gasteiger partial charge in [-0.2, -0.15) is 0 Å². The van der Waals surface area contributed by atoms with Crippen LogP contribution in [0.25, 0.3) is 0 Å². The number of ether oxygens (including phenoxy) is 1. The molecule has 1 aliphatic heterocycles. The van der Waals surface area contributed by atoms with Crippen LogP contribution in [-0.2, 0) is 22.6 Å². The molecule has 0 bridgehead atoms. The van der Waals surface area contributed by atoms with E-state index in [9.17, 15) is 9.59 Å². The SMILES string of the molecule is O=C(NCc1cccnc1)NCc1cccc(NC(=O)C2CCCO2)c1. The highest BCUT2D eigenvalue weighted by Crippen LogP contribution is 2.16. The van der Waals surface area contributed by atoms with Gasteiger partial charge >= 0.3 is 6.03 Å². The number of aromatic nitrogens is 1. The molecule has 0 spiro atoms. The van der Waals surface area contributed by atoms with Crippen molar-refractivity contribution in [2.75, 3.05) is 11.9 Å². The number of benzene rings is 1. The van der Waals surface area contributed by atoms with Gasteiger partial charge < -0.3 is 20.7 Å². The highest BCUT2D eigenvalue weighted by molar-refractivity contribution is 5.94. The fraction of sp³-hybridized carbons (Fsp3) is 0.316. The summed E-state index contributed by atoms with van der Waals surface area (Å²) >= 11 is 0. The van der Waals surface area contributed by atoms with E-state index in [0.29, 0.717) is 25.4 Å². The van der Waals surface area contributed by atoms with Gasteiger partial charge in [-0.3, -0.25) is 9.78 Å². The summed E-state index contributed by atoms with van der Waals surface area (Å²) in [5.74, 6) is -0.123. The minimum atomic E-state index is -0.366. The Morgan fingerprint density at radius 1 is 1.12 bits per heavy atom. The van der Waals surface area contributed by atoms with Crippen molar-refractivity contribution in [3.63, 3.8) is 0 Å². The summed E-state index contributed by atoms with van der Waals surface area (Å²) in [6.07, 6.45) is 4.70. The van der Waals surface area contributed by atoms with Gasteiger partial charge in [0.05, 0.1) is 0 Å². The van der Waals surface area contributed by atoms with Crippen LogP contribution in [0, 0.1) is 0 Å². The molecule has 136 valence electrons. The maximum absolute atomic E-state index is 12.1. The van der Waals surface area contributed by atoms with Crippen molar-refractivity contribution in [2.45, 2.75) is 32.0 Å². The second-order valence-corrected chi connectivity index (χ2v) is 6.09. The van der Waals surface area contributed by atoms with E-state index in [1.807, 2.05) is 36.4 Å². The lowest BCUT2D eigenvalue weighted by atomic mass is 10.2. The highest BCUT2D eigenvalue weighted by atomic mass is 16.5. The second-order valence-electron chi connectivity index (χ2n) is 6.09. The van der Waals surface area contributed by atoms with Crippen LogP contribution in [0.4, 0.5) is 10.5 Å². The predicted molar refractivity (Wildman–Crippen MR) is 97.4 cm³/mol. The van der Waals surface area contributed by atoms with Crippen molar-refractivity contribution in [1.29, 1.82) is 0 Å². The molecular formula is C19H22N4O3. The van der Waals surface area contributed by atoms with E-state index in [1.54, 1.807) is 12.4 Å². The summed E-state index contributed by atoms with van der Waals surface area (Å²) in [6.45, 7) is 1.41. The van der Waals surface area contributed by atoms with E-state index >= 15 is 0 Å². The molecule has 1 atom stereocenters. The summed E-state index contributed by atoms with van der Waals surface area (Å²) < 4.78 is 5.38. The van der Waals surface area contributed by atoms with Crippen molar-refractivity contribution in [2.24, 2.45) is 0 Å². The van der Waals surface area contributed by atoms with Crippen LogP contribution in [-0.4, -0.2) is 29.6 Å². The van der Waals surface area contributed by atoms with Crippen LogP contribution in [0.5, 0.6) is 0 Å². The van der Waals surface area contributed by atoms with Crippen molar-refractivity contribution < 1.29 is 14.3 Å². The van der Waals surface area contributed by atoms with Crippen LogP contribution in [0.2, 0.25) is 0 Å². The molecule has 3 rings (SSSR count). The van der Waals surface area contributed by atoms with Gasteiger partial charge in [0.1, 0.15) is 6.10 Å². The van der Waals surface area contributed by atoms with Gasteiger partial charge in [0.15, 0.2) is 0 Å². The zero-order valence-corrected chi connectivity index (χ0v) is 14.4. The fourth-order valence-corrected chi connectivity index (χ4v) is 2.70. The Kier molecular flexibility index (Phi) is 6.16. The molecule has 3 N–H and O–H groups in total. The molecule has 0 saturated carbocycles. The van der Waals surface area contributed by atoms with Crippen molar-refractivity contribution in [3.8, 4) is 0 Å². The lowest BCUT2D eigenvalue weighted by Crippen LogP contribution is -2.34. The van der Waals surface area contributed by atoms with E-state index < -0.39 is 0 Å². The average molecular weight is 354 g/mol. The third kappa shape index (κ3) is 5.29. The maximum Gasteiger partial charge on any atom is 0.315 e. The Morgan fingerprint density at radius 3 is 2.65 bits per heavy atom. The molecule has 2 heterocycles. The van der Waals surface area contributed by atoms with Crippen molar-refractivity contribution in [1.82, 2.24) is 15.6 Å². The fourth-order valence-electron chi connectivity index (χ4n) is 2.70. The Morgan fingerprint density at radius 2 is 1.92 bits per heavy atom. The maximum atomic E-state index is 12.1. The summed E-state index contributed by atoms with van der Waals surface area (Å²) in [5, 5.41) is 8.43. The Balaban J connectivity index is 1.45. The molecule has 1 aliphatic rings.